The van der Waals surface area contributed by atoms with E-state index >= 15 is 0 Å². The molecule has 0 spiro atoms. The Morgan fingerprint density at radius 2 is 2.14 bits per heavy atom. The van der Waals surface area contributed by atoms with Gasteiger partial charge in [0.1, 0.15) is 0 Å². The maximum absolute atomic E-state index is 5.43. The van der Waals surface area contributed by atoms with E-state index < -0.39 is 0 Å². The van der Waals surface area contributed by atoms with Gasteiger partial charge < -0.3 is 9.64 Å². The lowest BCUT2D eigenvalue weighted by molar-refractivity contribution is 0.101. The van der Waals surface area contributed by atoms with Crippen LogP contribution in [0.5, 0.6) is 0 Å². The minimum absolute atomic E-state index is 0.782. The summed E-state index contributed by atoms with van der Waals surface area (Å²) in [5, 5.41) is 0. The molecule has 2 nitrogen and oxygen atoms in total. The van der Waals surface area contributed by atoms with Crippen LogP contribution >= 0.6 is 12.6 Å². The zero-order chi connectivity index (χ0) is 10.2. The van der Waals surface area contributed by atoms with Gasteiger partial charge in [-0.2, -0.15) is 12.6 Å². The highest BCUT2D eigenvalue weighted by Gasteiger charge is 2.19. The second kappa shape index (κ2) is 7.55. The lowest BCUT2D eigenvalue weighted by atomic mass is 9.85. The Morgan fingerprint density at radius 1 is 1.36 bits per heavy atom. The summed E-state index contributed by atoms with van der Waals surface area (Å²) in [6, 6.07) is 0. The molecule has 3 heteroatoms. The predicted octanol–water partition coefficient (Wildman–Crippen LogP) is 2.05. The van der Waals surface area contributed by atoms with Gasteiger partial charge in [-0.05, 0) is 25.3 Å². The van der Waals surface area contributed by atoms with Crippen molar-refractivity contribution < 1.29 is 4.74 Å². The van der Waals surface area contributed by atoms with Crippen LogP contribution in [0.1, 0.15) is 26.2 Å². The highest BCUT2D eigenvalue weighted by molar-refractivity contribution is 7.80. The molecule has 0 unspecified atom stereocenters. The van der Waals surface area contributed by atoms with Crippen LogP contribution < -0.4 is 0 Å². The summed E-state index contributed by atoms with van der Waals surface area (Å²) >= 11 is 4.11. The molecule has 1 aliphatic rings. The molecule has 1 fully saturated rings. The number of hydrogen-bond acceptors (Lipinski definition) is 3. The van der Waals surface area contributed by atoms with Crippen LogP contribution in [0.2, 0.25) is 0 Å². The maximum atomic E-state index is 5.43. The molecule has 0 bridgehead atoms. The molecule has 1 rings (SSSR count). The van der Waals surface area contributed by atoms with Crippen molar-refractivity contribution in [2.45, 2.75) is 26.2 Å². The van der Waals surface area contributed by atoms with Gasteiger partial charge in [0.2, 0.25) is 0 Å². The summed E-state index contributed by atoms with van der Waals surface area (Å²) in [7, 11) is 0. The highest BCUT2D eigenvalue weighted by atomic mass is 32.1. The van der Waals surface area contributed by atoms with Crippen molar-refractivity contribution in [3.05, 3.63) is 0 Å². The van der Waals surface area contributed by atoms with Gasteiger partial charge in [0.05, 0.1) is 13.2 Å². The Balaban J connectivity index is 1.99. The standard InChI is InChI=1S/C11H23NOS/c1-2-12(6-7-13-8-9-14)10-11-4-3-5-11/h11,14H,2-10H2,1H3. The van der Waals surface area contributed by atoms with Crippen LogP contribution in [0.25, 0.3) is 0 Å². The van der Waals surface area contributed by atoms with E-state index in [1.54, 1.807) is 0 Å². The van der Waals surface area contributed by atoms with E-state index in [2.05, 4.69) is 24.5 Å². The second-order valence-corrected chi connectivity index (χ2v) is 4.47. The average Bonchev–Trinajstić information content (AvgIpc) is 2.14. The van der Waals surface area contributed by atoms with Crippen LogP contribution in [-0.4, -0.2) is 43.5 Å². The van der Waals surface area contributed by atoms with Crippen molar-refractivity contribution in [1.82, 2.24) is 4.90 Å². The molecule has 0 amide bonds. The van der Waals surface area contributed by atoms with Gasteiger partial charge in [0.25, 0.3) is 0 Å². The zero-order valence-electron chi connectivity index (χ0n) is 9.24. The molecular weight excluding hydrogens is 194 g/mol. The first-order valence-electron chi connectivity index (χ1n) is 5.77. The number of thiol groups is 1. The first kappa shape index (κ1) is 12.3. The number of ether oxygens (including phenoxy) is 1. The van der Waals surface area contributed by atoms with Crippen molar-refractivity contribution >= 4 is 12.6 Å². The van der Waals surface area contributed by atoms with Crippen LogP contribution in [0.3, 0.4) is 0 Å². The topological polar surface area (TPSA) is 12.5 Å². The van der Waals surface area contributed by atoms with Gasteiger partial charge in [0.15, 0.2) is 0 Å². The Morgan fingerprint density at radius 3 is 2.64 bits per heavy atom. The Hall–Kier alpha value is 0.270. The maximum Gasteiger partial charge on any atom is 0.0593 e. The van der Waals surface area contributed by atoms with Crippen LogP contribution in [-0.2, 0) is 4.74 Å². The monoisotopic (exact) mass is 217 g/mol. The smallest absolute Gasteiger partial charge is 0.0593 e. The van der Waals surface area contributed by atoms with E-state index in [0.717, 1.165) is 38.0 Å². The quantitative estimate of drug-likeness (QED) is 0.493. The Labute approximate surface area is 93.4 Å². The normalized spacial score (nSPS) is 17.4. The van der Waals surface area contributed by atoms with Gasteiger partial charge in [-0.15, -0.1) is 0 Å². The number of rotatable bonds is 8. The average molecular weight is 217 g/mol. The zero-order valence-corrected chi connectivity index (χ0v) is 10.1. The fourth-order valence-corrected chi connectivity index (χ4v) is 1.91. The lowest BCUT2D eigenvalue weighted by Crippen LogP contribution is -2.34. The van der Waals surface area contributed by atoms with Gasteiger partial charge in [-0.3, -0.25) is 0 Å². The molecule has 0 saturated heterocycles. The molecule has 84 valence electrons. The van der Waals surface area contributed by atoms with Crippen molar-refractivity contribution in [3.63, 3.8) is 0 Å². The van der Waals surface area contributed by atoms with Crippen molar-refractivity contribution in [2.75, 3.05) is 38.6 Å². The molecule has 0 N–H and O–H groups in total. The SMILES string of the molecule is CCN(CCOCCS)CC1CCC1. The lowest BCUT2D eigenvalue weighted by Gasteiger charge is -2.31. The molecule has 1 aliphatic carbocycles. The number of nitrogens with zero attached hydrogens (tertiary/aromatic N) is 1. The minimum atomic E-state index is 0.782. The van der Waals surface area contributed by atoms with E-state index in [-0.39, 0.29) is 0 Å². The number of hydrogen-bond donors (Lipinski definition) is 1. The molecule has 0 aliphatic heterocycles. The van der Waals surface area contributed by atoms with Crippen molar-refractivity contribution in [3.8, 4) is 0 Å². The second-order valence-electron chi connectivity index (χ2n) is 4.03. The van der Waals surface area contributed by atoms with E-state index in [9.17, 15) is 0 Å². The van der Waals surface area contributed by atoms with E-state index in [0.29, 0.717) is 0 Å². The molecule has 1 saturated carbocycles. The van der Waals surface area contributed by atoms with Gasteiger partial charge >= 0.3 is 0 Å². The van der Waals surface area contributed by atoms with Gasteiger partial charge in [0, 0.05) is 18.8 Å². The molecule has 0 aromatic carbocycles. The fraction of sp³-hybridized carbons (Fsp3) is 1.00. The van der Waals surface area contributed by atoms with Crippen LogP contribution in [0.4, 0.5) is 0 Å². The van der Waals surface area contributed by atoms with Crippen molar-refractivity contribution in [2.24, 2.45) is 5.92 Å². The molecule has 0 radical (unpaired) electrons. The third-order valence-corrected chi connectivity index (χ3v) is 3.16. The van der Waals surface area contributed by atoms with E-state index in [1.807, 2.05) is 0 Å². The van der Waals surface area contributed by atoms with Crippen LogP contribution in [0.15, 0.2) is 0 Å². The van der Waals surface area contributed by atoms with E-state index in [1.165, 1.54) is 25.8 Å². The highest BCUT2D eigenvalue weighted by Crippen LogP contribution is 2.26. The third-order valence-electron chi connectivity index (χ3n) is 2.98. The summed E-state index contributed by atoms with van der Waals surface area (Å²) in [6.45, 7) is 7.39. The van der Waals surface area contributed by atoms with Crippen molar-refractivity contribution in [1.29, 1.82) is 0 Å². The summed E-state index contributed by atoms with van der Waals surface area (Å²) in [4.78, 5) is 2.50. The minimum Gasteiger partial charge on any atom is -0.379 e. The van der Waals surface area contributed by atoms with Gasteiger partial charge in [-0.1, -0.05) is 13.3 Å². The Bertz CT molecular complexity index is 139. The summed E-state index contributed by atoms with van der Waals surface area (Å²) in [6.07, 6.45) is 4.32. The molecule has 0 aromatic heterocycles. The predicted molar refractivity (Wildman–Crippen MR) is 64.1 cm³/mol. The third kappa shape index (κ3) is 4.67. The molecule has 0 heterocycles. The molecular formula is C11H23NOS. The first-order valence-corrected chi connectivity index (χ1v) is 6.41. The summed E-state index contributed by atoms with van der Waals surface area (Å²) in [5.41, 5.74) is 0. The largest absolute Gasteiger partial charge is 0.379 e. The summed E-state index contributed by atoms with van der Waals surface area (Å²) < 4.78 is 5.43. The van der Waals surface area contributed by atoms with Gasteiger partial charge in [-0.25, -0.2) is 0 Å². The van der Waals surface area contributed by atoms with Crippen LogP contribution in [0, 0.1) is 5.92 Å². The summed E-state index contributed by atoms with van der Waals surface area (Å²) in [5.74, 6) is 1.80. The first-order chi connectivity index (χ1) is 6.86. The Kier molecular flexibility index (Phi) is 6.65. The fourth-order valence-electron chi connectivity index (χ4n) is 1.78. The number of likely N-dealkylation sites (N-methyl/N-ethyl adjacent to an activating group) is 1. The molecule has 14 heavy (non-hydrogen) atoms. The van der Waals surface area contributed by atoms with E-state index in [4.69, 9.17) is 4.74 Å². The molecule has 0 atom stereocenters. The molecule has 0 aromatic rings.